The number of para-hydroxylation sites is 1. The molecule has 0 radical (unpaired) electrons. The van der Waals surface area contributed by atoms with E-state index in [1.165, 1.54) is 39.2 Å². The number of nitrogens with one attached hydrogen (secondary N) is 2. The summed E-state index contributed by atoms with van der Waals surface area (Å²) in [7, 11) is 4.34. The van der Waals surface area contributed by atoms with Crippen molar-refractivity contribution >= 4 is 41.3 Å². The number of amides is 2. The molecule has 8 nitrogen and oxygen atoms in total. The van der Waals surface area contributed by atoms with E-state index < -0.39 is 11.8 Å². The maximum Gasteiger partial charge on any atom is 0.315 e. The van der Waals surface area contributed by atoms with Gasteiger partial charge in [0.2, 0.25) is 0 Å². The van der Waals surface area contributed by atoms with Crippen molar-refractivity contribution in [2.75, 3.05) is 32.4 Å². The van der Waals surface area contributed by atoms with Crippen LogP contribution in [0.1, 0.15) is 15.9 Å². The highest BCUT2D eigenvalue weighted by molar-refractivity contribution is 8.00. The van der Waals surface area contributed by atoms with E-state index in [2.05, 4.69) is 15.4 Å². The van der Waals surface area contributed by atoms with Crippen LogP contribution in [0.25, 0.3) is 6.08 Å². The first kappa shape index (κ1) is 26.4. The van der Waals surface area contributed by atoms with Gasteiger partial charge in [-0.3, -0.25) is 14.4 Å². The molecule has 0 aromatic heterocycles. The molecule has 0 saturated heterocycles. The van der Waals surface area contributed by atoms with Crippen LogP contribution in [0.3, 0.4) is 0 Å². The fraction of sp³-hybridized carbons (Fsp3) is 0.148. The second kappa shape index (κ2) is 13.0. The van der Waals surface area contributed by atoms with Gasteiger partial charge in [0.15, 0.2) is 11.5 Å². The lowest BCUT2D eigenvalue weighted by Gasteiger charge is -2.14. The van der Waals surface area contributed by atoms with Crippen molar-refractivity contribution in [3.8, 4) is 11.5 Å². The van der Waals surface area contributed by atoms with Crippen LogP contribution in [0.2, 0.25) is 0 Å². The number of hydrogen-bond donors (Lipinski definition) is 2. The van der Waals surface area contributed by atoms with Gasteiger partial charge >= 0.3 is 5.97 Å². The number of esters is 1. The Morgan fingerprint density at radius 2 is 1.64 bits per heavy atom. The third-order valence-corrected chi connectivity index (χ3v) is 5.91. The van der Waals surface area contributed by atoms with Crippen LogP contribution in [0, 0.1) is 0 Å². The second-order valence-corrected chi connectivity index (χ2v) is 8.36. The van der Waals surface area contributed by atoms with Crippen molar-refractivity contribution in [2.24, 2.45) is 0 Å². The molecule has 0 atom stereocenters. The Morgan fingerprint density at radius 1 is 0.889 bits per heavy atom. The molecule has 0 bridgehead atoms. The number of carbonyl (C=O) groups is 3. The lowest BCUT2D eigenvalue weighted by molar-refractivity contribution is -0.137. The molecule has 0 aliphatic carbocycles. The molecule has 0 aliphatic rings. The standard InChI is InChI=1S/C27H26N2O6S/c1-33-23-14-7-11-19(25(23)35-3)15-22(29-26(31)18-9-5-4-6-10-18)27(32)28-20-12-8-13-21(16-20)36-17-24(30)34-2/h4-16H,17H2,1-3H3,(H,28,32)(H,29,31)/b22-15+. The number of thioether (sulfide) groups is 1. The topological polar surface area (TPSA) is 103 Å². The van der Waals surface area contributed by atoms with Crippen LogP contribution in [-0.4, -0.2) is 44.9 Å². The molecule has 2 amide bonds. The maximum absolute atomic E-state index is 13.3. The number of methoxy groups -OCH3 is 3. The van der Waals surface area contributed by atoms with Crippen LogP contribution in [0.15, 0.2) is 83.4 Å². The van der Waals surface area contributed by atoms with Crippen molar-refractivity contribution in [2.45, 2.75) is 4.90 Å². The Balaban J connectivity index is 1.91. The molecular formula is C27H26N2O6S. The average Bonchev–Trinajstić information content (AvgIpc) is 2.91. The molecule has 0 heterocycles. The van der Waals surface area contributed by atoms with Crippen LogP contribution in [-0.2, 0) is 14.3 Å². The van der Waals surface area contributed by atoms with E-state index in [4.69, 9.17) is 9.47 Å². The van der Waals surface area contributed by atoms with Gasteiger partial charge in [0.1, 0.15) is 5.70 Å². The fourth-order valence-electron chi connectivity index (χ4n) is 3.19. The van der Waals surface area contributed by atoms with Gasteiger partial charge in [0.05, 0.1) is 27.1 Å². The van der Waals surface area contributed by atoms with E-state index in [9.17, 15) is 14.4 Å². The van der Waals surface area contributed by atoms with Crippen LogP contribution >= 0.6 is 11.8 Å². The normalized spacial score (nSPS) is 10.8. The zero-order valence-electron chi connectivity index (χ0n) is 20.1. The zero-order valence-corrected chi connectivity index (χ0v) is 20.9. The van der Waals surface area contributed by atoms with E-state index in [1.54, 1.807) is 66.7 Å². The van der Waals surface area contributed by atoms with Crippen LogP contribution < -0.4 is 20.1 Å². The first-order chi connectivity index (χ1) is 17.4. The predicted octanol–water partition coefficient (Wildman–Crippen LogP) is 4.38. The van der Waals surface area contributed by atoms with Gasteiger partial charge in [-0.15, -0.1) is 11.8 Å². The minimum Gasteiger partial charge on any atom is -0.493 e. The number of rotatable bonds is 10. The predicted molar refractivity (Wildman–Crippen MR) is 139 cm³/mol. The number of anilines is 1. The zero-order chi connectivity index (χ0) is 25.9. The van der Waals surface area contributed by atoms with Crippen molar-refractivity contribution < 1.29 is 28.6 Å². The van der Waals surface area contributed by atoms with E-state index in [-0.39, 0.29) is 17.4 Å². The van der Waals surface area contributed by atoms with Crippen LogP contribution in [0.4, 0.5) is 5.69 Å². The molecule has 0 aliphatic heterocycles. The Morgan fingerprint density at radius 3 is 2.33 bits per heavy atom. The summed E-state index contributed by atoms with van der Waals surface area (Å²) >= 11 is 1.28. The van der Waals surface area contributed by atoms with Gasteiger partial charge in [-0.1, -0.05) is 36.4 Å². The summed E-state index contributed by atoms with van der Waals surface area (Å²) in [5.74, 6) is -0.297. The summed E-state index contributed by atoms with van der Waals surface area (Å²) in [4.78, 5) is 38.4. The number of carbonyl (C=O) groups excluding carboxylic acids is 3. The first-order valence-corrected chi connectivity index (χ1v) is 11.8. The van der Waals surface area contributed by atoms with Crippen molar-refractivity contribution in [1.82, 2.24) is 5.32 Å². The number of benzene rings is 3. The molecule has 0 spiro atoms. The summed E-state index contributed by atoms with van der Waals surface area (Å²) < 4.78 is 15.5. The van der Waals surface area contributed by atoms with E-state index in [1.807, 2.05) is 6.07 Å². The monoisotopic (exact) mass is 506 g/mol. The van der Waals surface area contributed by atoms with E-state index >= 15 is 0 Å². The summed E-state index contributed by atoms with van der Waals surface area (Å²) in [6.07, 6.45) is 1.52. The summed E-state index contributed by atoms with van der Waals surface area (Å²) in [6.45, 7) is 0. The molecule has 9 heteroatoms. The highest BCUT2D eigenvalue weighted by atomic mass is 32.2. The Bertz CT molecular complexity index is 1260. The molecule has 186 valence electrons. The van der Waals surface area contributed by atoms with Crippen molar-refractivity contribution in [3.63, 3.8) is 0 Å². The molecular weight excluding hydrogens is 480 g/mol. The van der Waals surface area contributed by atoms with Gasteiger partial charge in [-0.25, -0.2) is 0 Å². The third-order valence-electron chi connectivity index (χ3n) is 4.94. The van der Waals surface area contributed by atoms with E-state index in [0.717, 1.165) is 4.90 Å². The molecule has 0 fully saturated rings. The van der Waals surface area contributed by atoms with Gasteiger partial charge in [-0.05, 0) is 42.5 Å². The second-order valence-electron chi connectivity index (χ2n) is 7.31. The Labute approximate surface area is 213 Å². The molecule has 36 heavy (non-hydrogen) atoms. The molecule has 2 N–H and O–H groups in total. The maximum atomic E-state index is 13.3. The summed E-state index contributed by atoms with van der Waals surface area (Å²) in [5, 5.41) is 5.50. The quantitative estimate of drug-likeness (QED) is 0.239. The molecule has 0 saturated carbocycles. The third kappa shape index (κ3) is 7.13. The van der Waals surface area contributed by atoms with Gasteiger partial charge in [-0.2, -0.15) is 0 Å². The summed E-state index contributed by atoms with van der Waals surface area (Å²) in [5.41, 5.74) is 1.43. The Kier molecular flexibility index (Phi) is 9.53. The summed E-state index contributed by atoms with van der Waals surface area (Å²) in [6, 6.07) is 20.8. The number of ether oxygens (including phenoxy) is 3. The molecule has 0 unspecified atom stereocenters. The minimum absolute atomic E-state index is 0.00280. The van der Waals surface area contributed by atoms with Crippen molar-refractivity contribution in [1.29, 1.82) is 0 Å². The van der Waals surface area contributed by atoms with E-state index in [0.29, 0.717) is 28.3 Å². The smallest absolute Gasteiger partial charge is 0.315 e. The average molecular weight is 507 g/mol. The van der Waals surface area contributed by atoms with Gasteiger partial charge in [0, 0.05) is 21.7 Å². The van der Waals surface area contributed by atoms with Gasteiger partial charge in [0.25, 0.3) is 11.8 Å². The minimum atomic E-state index is -0.542. The van der Waals surface area contributed by atoms with Crippen LogP contribution in [0.5, 0.6) is 11.5 Å². The largest absolute Gasteiger partial charge is 0.493 e. The molecule has 3 aromatic rings. The Hall–Kier alpha value is -4.24. The highest BCUT2D eigenvalue weighted by Crippen LogP contribution is 2.32. The van der Waals surface area contributed by atoms with Gasteiger partial charge < -0.3 is 24.8 Å². The molecule has 3 aromatic carbocycles. The first-order valence-electron chi connectivity index (χ1n) is 10.8. The number of hydrogen-bond acceptors (Lipinski definition) is 7. The SMILES string of the molecule is COC(=O)CSc1cccc(NC(=O)/C(=C\c2cccc(OC)c2OC)NC(=O)c2ccccc2)c1. The molecule has 3 rings (SSSR count). The highest BCUT2D eigenvalue weighted by Gasteiger charge is 2.17. The van der Waals surface area contributed by atoms with Crippen molar-refractivity contribution in [3.05, 3.63) is 89.6 Å². The fourth-order valence-corrected chi connectivity index (χ4v) is 3.97. The lowest BCUT2D eigenvalue weighted by Crippen LogP contribution is -2.30. The lowest BCUT2D eigenvalue weighted by atomic mass is 10.1.